The summed E-state index contributed by atoms with van der Waals surface area (Å²) in [5.41, 5.74) is 0.442. The summed E-state index contributed by atoms with van der Waals surface area (Å²) in [5.74, 6) is 1.48. The van der Waals surface area contributed by atoms with E-state index >= 15 is 0 Å². The molecule has 0 amide bonds. The van der Waals surface area contributed by atoms with Crippen molar-refractivity contribution in [2.45, 2.75) is 56.6 Å². The van der Waals surface area contributed by atoms with E-state index in [-0.39, 0.29) is 11.8 Å². The summed E-state index contributed by atoms with van der Waals surface area (Å²) in [5, 5.41) is 11.7. The number of likely N-dealkylation sites (tertiary alicyclic amines) is 1. The van der Waals surface area contributed by atoms with Crippen molar-refractivity contribution in [3.8, 4) is 11.5 Å². The van der Waals surface area contributed by atoms with E-state index in [1.807, 2.05) is 19.9 Å². The fourth-order valence-corrected chi connectivity index (χ4v) is 4.94. The molecule has 3 atom stereocenters. The Labute approximate surface area is 149 Å². The van der Waals surface area contributed by atoms with Crippen molar-refractivity contribution in [2.24, 2.45) is 0 Å². The molecule has 2 bridgehead atoms. The van der Waals surface area contributed by atoms with Gasteiger partial charge in [0.15, 0.2) is 11.5 Å². The van der Waals surface area contributed by atoms with Gasteiger partial charge in [-0.15, -0.1) is 0 Å². The van der Waals surface area contributed by atoms with E-state index in [9.17, 15) is 9.90 Å². The van der Waals surface area contributed by atoms with Crippen LogP contribution in [0, 0.1) is 0 Å². The van der Waals surface area contributed by atoms with Gasteiger partial charge < -0.3 is 19.5 Å². The molecular formula is C20H29NO4. The molecule has 3 rings (SSSR count). The number of aliphatic hydroxyl groups is 1. The van der Waals surface area contributed by atoms with E-state index in [1.54, 1.807) is 14.2 Å². The summed E-state index contributed by atoms with van der Waals surface area (Å²) >= 11 is 0. The van der Waals surface area contributed by atoms with Crippen molar-refractivity contribution >= 4 is 5.78 Å². The minimum absolute atomic E-state index is 0.0171. The van der Waals surface area contributed by atoms with Crippen LogP contribution in [0.4, 0.5) is 0 Å². The van der Waals surface area contributed by atoms with Crippen LogP contribution in [0.2, 0.25) is 0 Å². The number of benzene rings is 1. The molecule has 1 N–H and O–H groups in total. The molecule has 1 aromatic rings. The maximum atomic E-state index is 12.5. The van der Waals surface area contributed by atoms with E-state index < -0.39 is 11.0 Å². The van der Waals surface area contributed by atoms with Gasteiger partial charge >= 0.3 is 0 Å². The number of nitrogens with zero attached hydrogens (tertiary/aromatic N) is 1. The van der Waals surface area contributed by atoms with Crippen LogP contribution in [-0.4, -0.2) is 55.2 Å². The molecule has 1 aromatic carbocycles. The second-order valence-electron chi connectivity index (χ2n) is 7.58. The molecule has 5 heteroatoms. The molecule has 1 aliphatic carbocycles. The highest BCUT2D eigenvalue weighted by Crippen LogP contribution is 2.57. The Morgan fingerprint density at radius 2 is 2.08 bits per heavy atom. The van der Waals surface area contributed by atoms with Gasteiger partial charge in [-0.3, -0.25) is 4.79 Å². The topological polar surface area (TPSA) is 59.0 Å². The average molecular weight is 347 g/mol. The third kappa shape index (κ3) is 2.48. The van der Waals surface area contributed by atoms with Crippen molar-refractivity contribution in [3.63, 3.8) is 0 Å². The summed E-state index contributed by atoms with van der Waals surface area (Å²) in [6.07, 6.45) is 2.26. The monoisotopic (exact) mass is 347 g/mol. The van der Waals surface area contributed by atoms with Gasteiger partial charge in [-0.1, -0.05) is 13.0 Å². The van der Waals surface area contributed by atoms with Gasteiger partial charge in [0.1, 0.15) is 5.78 Å². The summed E-state index contributed by atoms with van der Waals surface area (Å²) in [4.78, 5) is 14.7. The van der Waals surface area contributed by atoms with Gasteiger partial charge in [-0.2, -0.15) is 0 Å². The Morgan fingerprint density at radius 1 is 1.36 bits per heavy atom. The lowest BCUT2D eigenvalue weighted by Gasteiger charge is -2.60. The fraction of sp³-hybridized carbons (Fsp3) is 0.650. The van der Waals surface area contributed by atoms with Gasteiger partial charge in [0, 0.05) is 29.9 Å². The molecular weight excluding hydrogens is 318 g/mol. The minimum Gasteiger partial charge on any atom is -0.493 e. The smallest absolute Gasteiger partial charge is 0.164 e. The zero-order chi connectivity index (χ0) is 18.4. The Hall–Kier alpha value is -1.59. The molecule has 0 saturated carbocycles. The number of fused-ring (bicyclic) bond motifs is 4. The van der Waals surface area contributed by atoms with Gasteiger partial charge in [-0.05, 0) is 45.0 Å². The third-order valence-electron chi connectivity index (χ3n) is 6.46. The Balaban J connectivity index is 2.30. The largest absolute Gasteiger partial charge is 0.493 e. The predicted molar refractivity (Wildman–Crippen MR) is 96.5 cm³/mol. The molecule has 2 aliphatic rings. The average Bonchev–Trinajstić information content (AvgIpc) is 2.59. The molecule has 138 valence electrons. The van der Waals surface area contributed by atoms with E-state index in [0.717, 1.165) is 30.5 Å². The lowest BCUT2D eigenvalue weighted by Crippen LogP contribution is -2.69. The lowest BCUT2D eigenvalue weighted by molar-refractivity contribution is -0.144. The number of likely N-dealkylation sites (N-methyl/N-ethyl adjacent to an activating group) is 1. The lowest BCUT2D eigenvalue weighted by atomic mass is 9.53. The minimum atomic E-state index is -1.02. The predicted octanol–water partition coefficient (Wildman–Crippen LogP) is 2.32. The number of piperidine rings is 1. The van der Waals surface area contributed by atoms with E-state index in [2.05, 4.69) is 18.0 Å². The first kappa shape index (κ1) is 18.2. The first-order valence-electron chi connectivity index (χ1n) is 9.01. The Bertz CT molecular complexity index is 685. The van der Waals surface area contributed by atoms with Crippen LogP contribution in [0.3, 0.4) is 0 Å². The van der Waals surface area contributed by atoms with Crippen LogP contribution < -0.4 is 9.47 Å². The number of ether oxygens (including phenoxy) is 2. The second-order valence-corrected chi connectivity index (χ2v) is 7.58. The number of hydrogen-bond donors (Lipinski definition) is 1. The standard InChI is InChI=1S/C20H29NO4/c1-6-14(22)12-20-9-10-21(3)16(19(20,2)23)11-13-7-8-15(24-4)18(25-5)17(13)20/h7-8,16,23H,6,9-12H2,1-5H3. The van der Waals surface area contributed by atoms with Crippen molar-refractivity contribution in [1.82, 2.24) is 4.90 Å². The van der Waals surface area contributed by atoms with Crippen LogP contribution in [0.15, 0.2) is 12.1 Å². The maximum absolute atomic E-state index is 12.5. The van der Waals surface area contributed by atoms with Crippen molar-refractivity contribution in [2.75, 3.05) is 27.8 Å². The van der Waals surface area contributed by atoms with E-state index in [1.165, 1.54) is 0 Å². The summed E-state index contributed by atoms with van der Waals surface area (Å²) in [7, 11) is 5.30. The van der Waals surface area contributed by atoms with Crippen LogP contribution in [0.25, 0.3) is 0 Å². The number of Topliss-reactive ketones (excluding diaryl/α,β-unsaturated/α-hetero) is 1. The summed E-state index contributed by atoms with van der Waals surface area (Å²) in [6.45, 7) is 4.61. The first-order valence-corrected chi connectivity index (χ1v) is 9.01. The number of hydrogen-bond acceptors (Lipinski definition) is 5. The van der Waals surface area contributed by atoms with Gasteiger partial charge in [0.25, 0.3) is 0 Å². The van der Waals surface area contributed by atoms with Crippen molar-refractivity contribution in [3.05, 3.63) is 23.3 Å². The highest BCUT2D eigenvalue weighted by molar-refractivity contribution is 5.81. The highest BCUT2D eigenvalue weighted by Gasteiger charge is 2.61. The first-order chi connectivity index (χ1) is 11.8. The summed E-state index contributed by atoms with van der Waals surface area (Å²) in [6, 6.07) is 3.96. The normalized spacial score (nSPS) is 31.4. The van der Waals surface area contributed by atoms with Crippen molar-refractivity contribution in [1.29, 1.82) is 0 Å². The molecule has 0 spiro atoms. The number of carbonyl (C=O) groups excluding carboxylic acids is 1. The third-order valence-corrected chi connectivity index (χ3v) is 6.46. The zero-order valence-corrected chi connectivity index (χ0v) is 15.9. The van der Waals surface area contributed by atoms with Gasteiger partial charge in [-0.25, -0.2) is 0 Å². The van der Waals surface area contributed by atoms with Crippen LogP contribution in [0.1, 0.15) is 44.2 Å². The van der Waals surface area contributed by atoms with Crippen LogP contribution >= 0.6 is 0 Å². The SMILES string of the molecule is CCC(=O)CC12CCN(C)C(Cc3ccc(OC)c(OC)c31)C2(C)O. The van der Waals surface area contributed by atoms with Gasteiger partial charge in [0.2, 0.25) is 0 Å². The number of methoxy groups -OCH3 is 2. The summed E-state index contributed by atoms with van der Waals surface area (Å²) < 4.78 is 11.2. The molecule has 0 radical (unpaired) electrons. The Morgan fingerprint density at radius 3 is 2.68 bits per heavy atom. The number of rotatable bonds is 5. The van der Waals surface area contributed by atoms with Crippen LogP contribution in [0.5, 0.6) is 11.5 Å². The van der Waals surface area contributed by atoms with Crippen molar-refractivity contribution < 1.29 is 19.4 Å². The van der Waals surface area contributed by atoms with E-state index in [4.69, 9.17) is 9.47 Å². The maximum Gasteiger partial charge on any atom is 0.164 e. The van der Waals surface area contributed by atoms with Gasteiger partial charge in [0.05, 0.1) is 19.8 Å². The number of ketones is 1. The molecule has 1 saturated heterocycles. The highest BCUT2D eigenvalue weighted by atomic mass is 16.5. The van der Waals surface area contributed by atoms with E-state index in [0.29, 0.717) is 24.3 Å². The molecule has 3 unspecified atom stereocenters. The Kier molecular flexibility index (Phi) is 4.58. The molecule has 1 heterocycles. The quantitative estimate of drug-likeness (QED) is 0.886. The fourth-order valence-electron chi connectivity index (χ4n) is 4.94. The molecule has 25 heavy (non-hydrogen) atoms. The molecule has 1 fully saturated rings. The second kappa shape index (κ2) is 6.29. The zero-order valence-electron chi connectivity index (χ0n) is 15.9. The molecule has 0 aromatic heterocycles. The molecule has 5 nitrogen and oxygen atoms in total. The number of carbonyl (C=O) groups is 1. The molecule has 1 aliphatic heterocycles. The van der Waals surface area contributed by atoms with Crippen LogP contribution in [-0.2, 0) is 16.6 Å².